The van der Waals surface area contributed by atoms with Crippen LogP contribution < -0.4 is 10.2 Å². The van der Waals surface area contributed by atoms with Gasteiger partial charge >= 0.3 is 0 Å². The molecule has 7 heteroatoms. The zero-order valence-electron chi connectivity index (χ0n) is 17.1. The topological polar surface area (TPSA) is 52.7 Å². The van der Waals surface area contributed by atoms with Crippen molar-refractivity contribution in [2.45, 2.75) is 29.8 Å². The van der Waals surface area contributed by atoms with Gasteiger partial charge in [0.1, 0.15) is 5.54 Å². The molecule has 0 unspecified atom stereocenters. The molecule has 2 aromatic carbocycles. The Kier molecular flexibility index (Phi) is 5.08. The summed E-state index contributed by atoms with van der Waals surface area (Å²) in [5, 5.41) is 3.13. The van der Waals surface area contributed by atoms with E-state index in [4.69, 9.17) is 0 Å². The molecule has 156 valence electrons. The number of amides is 2. The predicted octanol–water partition coefficient (Wildman–Crippen LogP) is 4.00. The molecule has 5 nitrogen and oxygen atoms in total. The molecule has 1 N–H and O–H groups in total. The summed E-state index contributed by atoms with van der Waals surface area (Å²) in [6.45, 7) is 2.61. The molecule has 0 bridgehead atoms. The van der Waals surface area contributed by atoms with Gasteiger partial charge in [-0.25, -0.2) is 0 Å². The molecular formula is C23H25N3O2S2. The molecule has 2 fully saturated rings. The summed E-state index contributed by atoms with van der Waals surface area (Å²) in [5.41, 5.74) is 1.82. The molecule has 5 rings (SSSR count). The molecule has 0 saturated carbocycles. The molecule has 3 atom stereocenters. The monoisotopic (exact) mass is 439 g/mol. The van der Waals surface area contributed by atoms with Crippen molar-refractivity contribution in [1.29, 1.82) is 0 Å². The number of nitrogens with zero attached hydrogens (tertiary/aromatic N) is 2. The molecule has 0 radical (unpaired) electrons. The van der Waals surface area contributed by atoms with E-state index < -0.39 is 11.5 Å². The Morgan fingerprint density at radius 1 is 1.27 bits per heavy atom. The summed E-state index contributed by atoms with van der Waals surface area (Å²) in [6.07, 6.45) is 2.73. The van der Waals surface area contributed by atoms with E-state index in [0.29, 0.717) is 13.0 Å². The maximum absolute atomic E-state index is 13.9. The van der Waals surface area contributed by atoms with Crippen LogP contribution in [0.5, 0.6) is 0 Å². The number of hydrogen-bond donors (Lipinski definition) is 1. The Morgan fingerprint density at radius 2 is 2.10 bits per heavy atom. The highest BCUT2D eigenvalue weighted by Crippen LogP contribution is 2.57. The third kappa shape index (κ3) is 2.75. The van der Waals surface area contributed by atoms with Crippen molar-refractivity contribution < 1.29 is 9.59 Å². The van der Waals surface area contributed by atoms with Crippen molar-refractivity contribution in [3.05, 3.63) is 54.1 Å². The van der Waals surface area contributed by atoms with Gasteiger partial charge in [0.15, 0.2) is 0 Å². The molecule has 1 spiro atoms. The minimum atomic E-state index is -0.901. The Bertz CT molecular complexity index is 1010. The van der Waals surface area contributed by atoms with Gasteiger partial charge in [0, 0.05) is 46.0 Å². The van der Waals surface area contributed by atoms with Gasteiger partial charge in [-0.1, -0.05) is 24.3 Å². The second kappa shape index (κ2) is 7.62. The maximum atomic E-state index is 13.9. The molecule has 2 saturated heterocycles. The van der Waals surface area contributed by atoms with Gasteiger partial charge in [-0.05, 0) is 43.9 Å². The average Bonchev–Trinajstić information content (AvgIpc) is 3.41. The zero-order valence-corrected chi connectivity index (χ0v) is 18.8. The summed E-state index contributed by atoms with van der Waals surface area (Å²) >= 11 is 3.50. The molecule has 3 aliphatic rings. The number of hydrogen-bond acceptors (Lipinski definition) is 5. The first-order valence-corrected chi connectivity index (χ1v) is 12.7. The SMILES string of the molecule is CCN1C(=O)[C@]2(c3ccccc31)[C@H](C(=O)Nc1cccc(SC)c1)C[C@H]1CSCN12. The first kappa shape index (κ1) is 20.0. The summed E-state index contributed by atoms with van der Waals surface area (Å²) in [7, 11) is 0. The third-order valence-corrected chi connectivity index (χ3v) is 8.40. The van der Waals surface area contributed by atoms with Crippen molar-refractivity contribution in [2.75, 3.05) is 34.6 Å². The van der Waals surface area contributed by atoms with Gasteiger partial charge in [0.25, 0.3) is 5.91 Å². The van der Waals surface area contributed by atoms with E-state index in [1.165, 1.54) is 0 Å². The van der Waals surface area contributed by atoms with Gasteiger partial charge in [0.2, 0.25) is 5.91 Å². The van der Waals surface area contributed by atoms with Crippen LogP contribution in [0.2, 0.25) is 0 Å². The highest BCUT2D eigenvalue weighted by Gasteiger charge is 2.67. The number of likely N-dealkylation sites (N-methyl/N-ethyl adjacent to an activating group) is 1. The Hall–Kier alpha value is -1.96. The lowest BCUT2D eigenvalue weighted by atomic mass is 9.79. The predicted molar refractivity (Wildman–Crippen MR) is 124 cm³/mol. The van der Waals surface area contributed by atoms with E-state index in [0.717, 1.165) is 33.5 Å². The van der Waals surface area contributed by atoms with E-state index in [9.17, 15) is 9.59 Å². The molecule has 0 aromatic heterocycles. The van der Waals surface area contributed by atoms with Gasteiger partial charge < -0.3 is 10.2 Å². The number of rotatable bonds is 4. The number of carbonyl (C=O) groups is 2. The number of carbonyl (C=O) groups excluding carboxylic acids is 2. The summed E-state index contributed by atoms with van der Waals surface area (Å²) < 4.78 is 0. The summed E-state index contributed by atoms with van der Waals surface area (Å²) in [4.78, 5) is 32.8. The molecule has 2 amide bonds. The fraction of sp³-hybridized carbons (Fsp3) is 0.391. The van der Waals surface area contributed by atoms with Crippen LogP contribution in [0.25, 0.3) is 0 Å². The molecule has 3 heterocycles. The minimum Gasteiger partial charge on any atom is -0.326 e. The highest BCUT2D eigenvalue weighted by atomic mass is 32.2. The molecule has 3 aliphatic heterocycles. The second-order valence-electron chi connectivity index (χ2n) is 7.97. The van der Waals surface area contributed by atoms with Crippen LogP contribution in [0.1, 0.15) is 18.9 Å². The summed E-state index contributed by atoms with van der Waals surface area (Å²) in [5.74, 6) is 1.33. The Morgan fingerprint density at radius 3 is 2.90 bits per heavy atom. The van der Waals surface area contributed by atoms with E-state index in [-0.39, 0.29) is 17.9 Å². The number of para-hydroxylation sites is 1. The zero-order chi connectivity index (χ0) is 20.9. The summed E-state index contributed by atoms with van der Waals surface area (Å²) in [6, 6.07) is 16.2. The normalized spacial score (nSPS) is 27.5. The largest absolute Gasteiger partial charge is 0.326 e. The van der Waals surface area contributed by atoms with Crippen molar-refractivity contribution >= 4 is 46.7 Å². The quantitative estimate of drug-likeness (QED) is 0.730. The van der Waals surface area contributed by atoms with Crippen molar-refractivity contribution in [3.63, 3.8) is 0 Å². The Labute approximate surface area is 185 Å². The minimum absolute atomic E-state index is 0.0502. The van der Waals surface area contributed by atoms with E-state index in [2.05, 4.69) is 10.2 Å². The number of nitrogens with one attached hydrogen (secondary N) is 1. The number of benzene rings is 2. The first-order valence-electron chi connectivity index (χ1n) is 10.3. The van der Waals surface area contributed by atoms with Gasteiger partial charge in [-0.2, -0.15) is 0 Å². The lowest BCUT2D eigenvalue weighted by molar-refractivity contribution is -0.136. The van der Waals surface area contributed by atoms with E-state index >= 15 is 0 Å². The van der Waals surface area contributed by atoms with E-state index in [1.807, 2.05) is 78.4 Å². The van der Waals surface area contributed by atoms with Crippen LogP contribution >= 0.6 is 23.5 Å². The first-order chi connectivity index (χ1) is 14.6. The number of anilines is 2. The number of fused-ring (bicyclic) bond motifs is 4. The van der Waals surface area contributed by atoms with Crippen molar-refractivity contribution in [3.8, 4) is 0 Å². The Balaban J connectivity index is 1.58. The van der Waals surface area contributed by atoms with Crippen LogP contribution in [0, 0.1) is 5.92 Å². The van der Waals surface area contributed by atoms with Gasteiger partial charge in [-0.15, -0.1) is 23.5 Å². The fourth-order valence-electron chi connectivity index (χ4n) is 5.33. The molecule has 30 heavy (non-hydrogen) atoms. The third-order valence-electron chi connectivity index (χ3n) is 6.59. The molecular weight excluding hydrogens is 414 g/mol. The fourth-order valence-corrected chi connectivity index (χ4v) is 7.09. The van der Waals surface area contributed by atoms with Gasteiger partial charge in [0.05, 0.1) is 5.92 Å². The van der Waals surface area contributed by atoms with Crippen LogP contribution in [0.3, 0.4) is 0 Å². The molecule has 2 aromatic rings. The van der Waals surface area contributed by atoms with Crippen LogP contribution in [0.15, 0.2) is 53.4 Å². The second-order valence-corrected chi connectivity index (χ2v) is 9.85. The smallest absolute Gasteiger partial charge is 0.253 e. The van der Waals surface area contributed by atoms with Gasteiger partial charge in [-0.3, -0.25) is 14.5 Å². The van der Waals surface area contributed by atoms with Crippen LogP contribution in [0.4, 0.5) is 11.4 Å². The lowest BCUT2D eigenvalue weighted by Crippen LogP contribution is -2.55. The number of thioether (sulfide) groups is 2. The standard InChI is InChI=1S/C23H25N3O2S2/c1-3-25-20-10-5-4-9-18(20)23(22(25)28)19(12-16-13-30-14-26(16)23)21(27)24-15-7-6-8-17(11-15)29-2/h4-11,16,19H,3,12-14H2,1-2H3,(H,24,27)/t16-,19-,23-/m0/s1. The van der Waals surface area contributed by atoms with E-state index in [1.54, 1.807) is 11.8 Å². The average molecular weight is 440 g/mol. The molecule has 0 aliphatic carbocycles. The maximum Gasteiger partial charge on any atom is 0.253 e. The lowest BCUT2D eigenvalue weighted by Gasteiger charge is -2.36. The van der Waals surface area contributed by atoms with Crippen molar-refractivity contribution in [2.24, 2.45) is 5.92 Å². The van der Waals surface area contributed by atoms with Crippen LogP contribution in [-0.4, -0.2) is 47.2 Å². The van der Waals surface area contributed by atoms with Crippen LogP contribution in [-0.2, 0) is 15.1 Å². The van der Waals surface area contributed by atoms with Crippen molar-refractivity contribution in [1.82, 2.24) is 4.90 Å². The highest BCUT2D eigenvalue weighted by molar-refractivity contribution is 7.99.